The Morgan fingerprint density at radius 1 is 1.09 bits per heavy atom. The Labute approximate surface area is 204 Å². The van der Waals surface area contributed by atoms with E-state index in [2.05, 4.69) is 12.2 Å². The highest BCUT2D eigenvalue weighted by atomic mass is 32.2. The van der Waals surface area contributed by atoms with Crippen LogP contribution in [0.1, 0.15) is 46.3 Å². The van der Waals surface area contributed by atoms with Gasteiger partial charge in [0.25, 0.3) is 5.91 Å². The van der Waals surface area contributed by atoms with Crippen LogP contribution in [0, 0.1) is 5.92 Å². The molecular weight excluding hydrogens is 460 g/mol. The predicted molar refractivity (Wildman–Crippen MR) is 137 cm³/mol. The van der Waals surface area contributed by atoms with Crippen LogP contribution in [-0.2, 0) is 22.8 Å². The number of furan rings is 1. The summed E-state index contributed by atoms with van der Waals surface area (Å²) in [5.41, 5.74) is 5.10. The van der Waals surface area contributed by atoms with E-state index >= 15 is 0 Å². The third-order valence-electron chi connectivity index (χ3n) is 6.31. The molecule has 0 spiro atoms. The molecule has 1 amide bonds. The van der Waals surface area contributed by atoms with Gasteiger partial charge in [-0.25, -0.2) is 13.4 Å². The Hall–Kier alpha value is -3.71. The van der Waals surface area contributed by atoms with Crippen molar-refractivity contribution >= 4 is 38.3 Å². The number of sulfone groups is 1. The second-order valence-electron chi connectivity index (χ2n) is 9.13. The molecular formula is C28H26N2O4S. The molecule has 1 atom stereocenters. The summed E-state index contributed by atoms with van der Waals surface area (Å²) >= 11 is 0. The summed E-state index contributed by atoms with van der Waals surface area (Å²) in [6.45, 7) is 2.47. The lowest BCUT2D eigenvalue weighted by atomic mass is 9.80. The van der Waals surface area contributed by atoms with Gasteiger partial charge in [0.2, 0.25) is 0 Å². The highest BCUT2D eigenvalue weighted by molar-refractivity contribution is 7.90. The van der Waals surface area contributed by atoms with Gasteiger partial charge in [0, 0.05) is 18.2 Å². The van der Waals surface area contributed by atoms with Crippen molar-refractivity contribution in [2.75, 3.05) is 6.26 Å². The van der Waals surface area contributed by atoms with Crippen molar-refractivity contribution in [3.63, 3.8) is 0 Å². The van der Waals surface area contributed by atoms with Gasteiger partial charge in [-0.15, -0.1) is 0 Å². The average molecular weight is 487 g/mol. The molecule has 178 valence electrons. The first kappa shape index (κ1) is 23.1. The van der Waals surface area contributed by atoms with E-state index < -0.39 is 9.84 Å². The van der Waals surface area contributed by atoms with Gasteiger partial charge in [-0.3, -0.25) is 4.79 Å². The first-order valence-corrected chi connectivity index (χ1v) is 13.4. The van der Waals surface area contributed by atoms with E-state index in [1.807, 2.05) is 42.5 Å². The number of benzene rings is 2. The molecule has 0 radical (unpaired) electrons. The largest absolute Gasteiger partial charge is 0.465 e. The molecule has 4 aromatic rings. The van der Waals surface area contributed by atoms with Crippen molar-refractivity contribution in [1.82, 2.24) is 10.3 Å². The van der Waals surface area contributed by atoms with Crippen LogP contribution in [0.15, 0.2) is 76.2 Å². The maximum absolute atomic E-state index is 13.6. The van der Waals surface area contributed by atoms with E-state index in [9.17, 15) is 13.2 Å². The maximum Gasteiger partial charge on any atom is 0.252 e. The standard InChI is InChI=1S/C28H26N2O4S/c1-18-14-20(16-21-6-5-13-34-21)27-24(15-18)26(23-7-3-4-8-25(23)30-27)28(31)29-17-19-9-11-22(12-10-19)35(2,32)33/h3-13,16,18H,14-15,17H2,1-2H3,(H,29,31). The lowest BCUT2D eigenvalue weighted by Gasteiger charge is -2.26. The smallest absolute Gasteiger partial charge is 0.252 e. The molecule has 1 aliphatic rings. The fraction of sp³-hybridized carbons (Fsp3) is 0.214. The van der Waals surface area contributed by atoms with Gasteiger partial charge in [-0.2, -0.15) is 0 Å². The molecule has 0 bridgehead atoms. The maximum atomic E-state index is 13.6. The number of fused-ring (bicyclic) bond motifs is 2. The second kappa shape index (κ2) is 9.15. The van der Waals surface area contributed by atoms with Crippen LogP contribution in [0.25, 0.3) is 22.6 Å². The average Bonchev–Trinajstić information content (AvgIpc) is 3.34. The predicted octanol–water partition coefficient (Wildman–Crippen LogP) is 5.28. The van der Waals surface area contributed by atoms with Crippen LogP contribution in [-0.4, -0.2) is 25.6 Å². The van der Waals surface area contributed by atoms with Gasteiger partial charge in [0.1, 0.15) is 5.76 Å². The molecule has 6 nitrogen and oxygen atoms in total. The minimum absolute atomic E-state index is 0.168. The lowest BCUT2D eigenvalue weighted by molar-refractivity contribution is 0.0951. The molecule has 1 N–H and O–H groups in total. The van der Waals surface area contributed by atoms with Gasteiger partial charge in [-0.1, -0.05) is 37.3 Å². The van der Waals surface area contributed by atoms with E-state index in [1.54, 1.807) is 30.5 Å². The first-order valence-electron chi connectivity index (χ1n) is 11.5. The van der Waals surface area contributed by atoms with E-state index in [-0.39, 0.29) is 10.8 Å². The zero-order valence-corrected chi connectivity index (χ0v) is 20.4. The molecule has 5 rings (SSSR count). The SMILES string of the molecule is CC1CC(=Cc2ccco2)c2nc3ccccc3c(C(=O)NCc3ccc(S(C)(=O)=O)cc3)c2C1. The molecule has 1 aliphatic carbocycles. The van der Waals surface area contributed by atoms with Gasteiger partial charge < -0.3 is 9.73 Å². The molecule has 2 heterocycles. The summed E-state index contributed by atoms with van der Waals surface area (Å²) in [5.74, 6) is 0.943. The molecule has 35 heavy (non-hydrogen) atoms. The molecule has 0 aliphatic heterocycles. The zero-order valence-electron chi connectivity index (χ0n) is 19.6. The highest BCUT2D eigenvalue weighted by Crippen LogP contribution is 2.38. The third-order valence-corrected chi connectivity index (χ3v) is 7.44. The molecule has 7 heteroatoms. The number of nitrogens with one attached hydrogen (secondary N) is 1. The van der Waals surface area contributed by atoms with Crippen molar-refractivity contribution < 1.29 is 17.6 Å². The Morgan fingerprint density at radius 2 is 1.86 bits per heavy atom. The quantitative estimate of drug-likeness (QED) is 0.414. The van der Waals surface area contributed by atoms with Crippen molar-refractivity contribution in [2.24, 2.45) is 5.92 Å². The number of carbonyl (C=O) groups is 1. The number of para-hydroxylation sites is 1. The summed E-state index contributed by atoms with van der Waals surface area (Å²) in [7, 11) is -3.26. The minimum Gasteiger partial charge on any atom is -0.465 e. The van der Waals surface area contributed by atoms with E-state index in [1.165, 1.54) is 6.26 Å². The molecule has 0 saturated heterocycles. The number of hydrogen-bond acceptors (Lipinski definition) is 5. The highest BCUT2D eigenvalue weighted by Gasteiger charge is 2.28. The van der Waals surface area contributed by atoms with Gasteiger partial charge >= 0.3 is 0 Å². The van der Waals surface area contributed by atoms with Crippen molar-refractivity contribution in [2.45, 2.75) is 31.2 Å². The topological polar surface area (TPSA) is 89.3 Å². The van der Waals surface area contributed by atoms with Crippen LogP contribution in [0.5, 0.6) is 0 Å². The van der Waals surface area contributed by atoms with Crippen LogP contribution in [0.4, 0.5) is 0 Å². The van der Waals surface area contributed by atoms with Crippen LogP contribution < -0.4 is 5.32 Å². The number of hydrogen-bond donors (Lipinski definition) is 1. The summed E-state index contributed by atoms with van der Waals surface area (Å²) in [4.78, 5) is 18.8. The minimum atomic E-state index is -3.26. The Balaban J connectivity index is 1.53. The van der Waals surface area contributed by atoms with Gasteiger partial charge in [0.15, 0.2) is 9.84 Å². The Bertz CT molecular complexity index is 1540. The number of amides is 1. The monoisotopic (exact) mass is 486 g/mol. The molecule has 2 aromatic carbocycles. The van der Waals surface area contributed by atoms with Crippen molar-refractivity contribution in [3.8, 4) is 0 Å². The zero-order chi connectivity index (χ0) is 24.6. The fourth-order valence-electron chi connectivity index (χ4n) is 4.67. The van der Waals surface area contributed by atoms with Gasteiger partial charge in [0.05, 0.1) is 27.9 Å². The number of rotatable bonds is 5. The lowest BCUT2D eigenvalue weighted by Crippen LogP contribution is -2.27. The normalized spacial score (nSPS) is 16.9. The number of allylic oxidation sites excluding steroid dienone is 1. The van der Waals surface area contributed by atoms with Crippen molar-refractivity contribution in [3.05, 3.63) is 95.1 Å². The van der Waals surface area contributed by atoms with Crippen molar-refractivity contribution in [1.29, 1.82) is 0 Å². The van der Waals surface area contributed by atoms with E-state index in [0.717, 1.165) is 51.9 Å². The molecule has 1 unspecified atom stereocenters. The second-order valence-corrected chi connectivity index (χ2v) is 11.1. The molecule has 0 fully saturated rings. The molecule has 0 saturated carbocycles. The van der Waals surface area contributed by atoms with Crippen LogP contribution in [0.2, 0.25) is 0 Å². The summed E-state index contributed by atoms with van der Waals surface area (Å²) in [6, 6.07) is 18.1. The first-order chi connectivity index (χ1) is 16.8. The van der Waals surface area contributed by atoms with Gasteiger partial charge in [-0.05, 0) is 71.9 Å². The van der Waals surface area contributed by atoms with E-state index in [0.29, 0.717) is 18.0 Å². The van der Waals surface area contributed by atoms with Crippen LogP contribution in [0.3, 0.4) is 0 Å². The summed E-state index contributed by atoms with van der Waals surface area (Å²) < 4.78 is 29.0. The number of carbonyl (C=O) groups excluding carboxylic acids is 1. The Kier molecular flexibility index (Phi) is 6.03. The summed E-state index contributed by atoms with van der Waals surface area (Å²) in [5, 5.41) is 3.86. The van der Waals surface area contributed by atoms with E-state index in [4.69, 9.17) is 9.40 Å². The third kappa shape index (κ3) is 4.77. The Morgan fingerprint density at radius 3 is 2.57 bits per heavy atom. The number of pyridine rings is 1. The fourth-order valence-corrected chi connectivity index (χ4v) is 5.30. The molecule has 2 aromatic heterocycles. The summed E-state index contributed by atoms with van der Waals surface area (Å²) in [6.07, 6.45) is 6.45. The van der Waals surface area contributed by atoms with Crippen LogP contribution >= 0.6 is 0 Å². The number of aromatic nitrogens is 1. The number of nitrogens with zero attached hydrogens (tertiary/aromatic N) is 1.